The fraction of sp³-hybridized carbons (Fsp3) is 0.368. The van der Waals surface area contributed by atoms with Crippen LogP contribution in [0.4, 0.5) is 8.78 Å². The first kappa shape index (κ1) is 14.5. The van der Waals surface area contributed by atoms with E-state index in [1.165, 1.54) is 12.1 Å². The number of halogens is 2. The maximum Gasteiger partial charge on any atom is 0.165 e. The van der Waals surface area contributed by atoms with Crippen molar-refractivity contribution in [1.29, 1.82) is 0 Å². The van der Waals surface area contributed by atoms with Crippen molar-refractivity contribution in [2.45, 2.75) is 44.3 Å². The van der Waals surface area contributed by atoms with Crippen LogP contribution in [0.1, 0.15) is 30.4 Å². The van der Waals surface area contributed by atoms with E-state index in [1.54, 1.807) is 12.1 Å². The summed E-state index contributed by atoms with van der Waals surface area (Å²) in [6, 6.07) is 9.93. The summed E-state index contributed by atoms with van der Waals surface area (Å²) < 4.78 is 40.4. The van der Waals surface area contributed by atoms with Crippen LogP contribution in [0.3, 0.4) is 0 Å². The minimum absolute atomic E-state index is 0.174. The number of rotatable bonds is 0. The van der Waals surface area contributed by atoms with E-state index < -0.39 is 0 Å². The predicted molar refractivity (Wildman–Crippen MR) is 82.9 cm³/mol. The molecular formula is C19H18F2O2. The Morgan fingerprint density at radius 2 is 1.22 bits per heavy atom. The van der Waals surface area contributed by atoms with Gasteiger partial charge in [-0.1, -0.05) is 24.3 Å². The molecule has 0 saturated heterocycles. The van der Waals surface area contributed by atoms with Crippen LogP contribution in [0, 0.1) is 11.6 Å². The number of para-hydroxylation sites is 2. The second kappa shape index (κ2) is 5.84. The van der Waals surface area contributed by atoms with Crippen molar-refractivity contribution in [3.63, 3.8) is 0 Å². The largest absolute Gasteiger partial charge is 0.487 e. The number of hydrogen-bond acceptors (Lipinski definition) is 2. The van der Waals surface area contributed by atoms with Crippen molar-refractivity contribution in [3.8, 4) is 11.5 Å². The molecule has 2 nitrogen and oxygen atoms in total. The van der Waals surface area contributed by atoms with E-state index in [0.717, 1.165) is 30.4 Å². The fourth-order valence-electron chi connectivity index (χ4n) is 3.49. The summed E-state index contributed by atoms with van der Waals surface area (Å²) in [6.45, 7) is 0. The van der Waals surface area contributed by atoms with Gasteiger partial charge in [-0.15, -0.1) is 0 Å². The van der Waals surface area contributed by atoms with Crippen molar-refractivity contribution < 1.29 is 18.3 Å². The highest BCUT2D eigenvalue weighted by atomic mass is 19.1. The Labute approximate surface area is 134 Å². The SMILES string of the molecule is Fc1cccc2c1OC1CCCC(C2)Oc2c(F)cccc2C1. The molecule has 2 aromatic rings. The van der Waals surface area contributed by atoms with Crippen molar-refractivity contribution in [1.82, 2.24) is 0 Å². The lowest BCUT2D eigenvalue weighted by Gasteiger charge is -2.24. The third-order valence-corrected chi connectivity index (χ3v) is 4.61. The zero-order valence-electron chi connectivity index (χ0n) is 12.7. The van der Waals surface area contributed by atoms with Gasteiger partial charge in [-0.2, -0.15) is 0 Å². The molecule has 2 unspecified atom stereocenters. The first-order chi connectivity index (χ1) is 11.2. The zero-order valence-corrected chi connectivity index (χ0v) is 12.7. The van der Waals surface area contributed by atoms with E-state index in [4.69, 9.17) is 9.47 Å². The Morgan fingerprint density at radius 3 is 1.70 bits per heavy atom. The van der Waals surface area contributed by atoms with Gasteiger partial charge in [0.2, 0.25) is 0 Å². The fourth-order valence-corrected chi connectivity index (χ4v) is 3.49. The summed E-state index contributed by atoms with van der Waals surface area (Å²) in [5, 5.41) is 0. The van der Waals surface area contributed by atoms with Gasteiger partial charge in [-0.25, -0.2) is 8.78 Å². The number of ether oxygens (including phenoxy) is 2. The minimum Gasteiger partial charge on any atom is -0.487 e. The van der Waals surface area contributed by atoms with Gasteiger partial charge in [0.05, 0.1) is 0 Å². The van der Waals surface area contributed by atoms with E-state index in [1.807, 2.05) is 12.1 Å². The molecule has 4 rings (SSSR count). The Hall–Kier alpha value is -2.10. The van der Waals surface area contributed by atoms with E-state index in [2.05, 4.69) is 0 Å². The van der Waals surface area contributed by atoms with Crippen molar-refractivity contribution in [2.75, 3.05) is 0 Å². The van der Waals surface area contributed by atoms with Crippen molar-refractivity contribution >= 4 is 0 Å². The van der Waals surface area contributed by atoms with Gasteiger partial charge in [0, 0.05) is 24.0 Å². The minimum atomic E-state index is -0.340. The lowest BCUT2D eigenvalue weighted by molar-refractivity contribution is 0.179. The Morgan fingerprint density at radius 1 is 0.739 bits per heavy atom. The molecule has 0 radical (unpaired) electrons. The lowest BCUT2D eigenvalue weighted by atomic mass is 10.0. The molecule has 0 amide bonds. The molecule has 0 fully saturated rings. The molecule has 0 N–H and O–H groups in total. The van der Waals surface area contributed by atoms with Crippen molar-refractivity contribution in [3.05, 3.63) is 59.2 Å². The van der Waals surface area contributed by atoms with Crippen LogP contribution in [-0.2, 0) is 12.8 Å². The van der Waals surface area contributed by atoms with Crippen LogP contribution in [0.5, 0.6) is 11.5 Å². The van der Waals surface area contributed by atoms with Crippen LogP contribution < -0.4 is 9.47 Å². The second-order valence-corrected chi connectivity index (χ2v) is 6.28. The molecule has 0 aliphatic carbocycles. The summed E-state index contributed by atoms with van der Waals surface area (Å²) in [6.07, 6.45) is 3.23. The van der Waals surface area contributed by atoms with E-state index >= 15 is 0 Å². The summed E-state index contributed by atoms with van der Waals surface area (Å²) >= 11 is 0. The van der Waals surface area contributed by atoms with Gasteiger partial charge in [-0.05, 0) is 31.4 Å². The Balaban J connectivity index is 1.82. The molecule has 2 heterocycles. The highest BCUT2D eigenvalue weighted by Gasteiger charge is 2.28. The second-order valence-electron chi connectivity index (χ2n) is 6.28. The van der Waals surface area contributed by atoms with Gasteiger partial charge in [0.15, 0.2) is 23.1 Å². The van der Waals surface area contributed by atoms with Crippen molar-refractivity contribution in [2.24, 2.45) is 0 Å². The molecule has 0 aromatic heterocycles. The zero-order chi connectivity index (χ0) is 15.8. The van der Waals surface area contributed by atoms with Crippen LogP contribution >= 0.6 is 0 Å². The topological polar surface area (TPSA) is 18.5 Å². The summed E-state index contributed by atoms with van der Waals surface area (Å²) in [5.74, 6) is -0.0258. The summed E-state index contributed by atoms with van der Waals surface area (Å²) in [4.78, 5) is 0. The molecule has 2 aromatic carbocycles. The first-order valence-corrected chi connectivity index (χ1v) is 8.09. The highest BCUT2D eigenvalue weighted by molar-refractivity contribution is 5.39. The summed E-state index contributed by atoms with van der Waals surface area (Å²) in [7, 11) is 0. The number of hydrogen-bond donors (Lipinski definition) is 0. The molecule has 120 valence electrons. The molecule has 2 bridgehead atoms. The predicted octanol–water partition coefficient (Wildman–Crippen LogP) is 4.44. The van der Waals surface area contributed by atoms with Gasteiger partial charge in [0.1, 0.15) is 12.2 Å². The summed E-state index contributed by atoms with van der Waals surface area (Å²) in [5.41, 5.74) is 1.59. The molecule has 23 heavy (non-hydrogen) atoms. The van der Waals surface area contributed by atoms with E-state index in [-0.39, 0.29) is 23.8 Å². The van der Waals surface area contributed by atoms with E-state index in [0.29, 0.717) is 24.3 Å². The molecule has 4 heteroatoms. The third kappa shape index (κ3) is 2.78. The molecule has 2 aliphatic heterocycles. The maximum atomic E-state index is 14.2. The number of benzene rings is 2. The van der Waals surface area contributed by atoms with Gasteiger partial charge in [0.25, 0.3) is 0 Å². The molecule has 0 spiro atoms. The quantitative estimate of drug-likeness (QED) is 0.715. The standard InChI is InChI=1S/C19H18F2O2/c20-16-8-1-4-12-10-14-6-3-7-15(22-18(12)16)11-13-5-2-9-17(21)19(13)23-14/h1-2,4-5,8-9,14-15H,3,6-7,10-11H2. The molecular weight excluding hydrogens is 298 g/mol. The Bertz CT molecular complexity index is 668. The van der Waals surface area contributed by atoms with E-state index in [9.17, 15) is 8.78 Å². The highest BCUT2D eigenvalue weighted by Crippen LogP contribution is 2.35. The van der Waals surface area contributed by atoms with Gasteiger partial charge >= 0.3 is 0 Å². The van der Waals surface area contributed by atoms with Gasteiger partial charge in [-0.3, -0.25) is 0 Å². The van der Waals surface area contributed by atoms with Crippen LogP contribution in [0.15, 0.2) is 36.4 Å². The number of fused-ring (bicyclic) bond motifs is 6. The van der Waals surface area contributed by atoms with Crippen LogP contribution in [-0.4, -0.2) is 12.2 Å². The average Bonchev–Trinajstić information content (AvgIpc) is 2.66. The molecule has 2 atom stereocenters. The Kier molecular flexibility index (Phi) is 3.68. The maximum absolute atomic E-state index is 14.2. The van der Waals surface area contributed by atoms with Crippen LogP contribution in [0.2, 0.25) is 0 Å². The smallest absolute Gasteiger partial charge is 0.165 e. The first-order valence-electron chi connectivity index (χ1n) is 8.09. The third-order valence-electron chi connectivity index (χ3n) is 4.61. The van der Waals surface area contributed by atoms with Crippen LogP contribution in [0.25, 0.3) is 0 Å². The lowest BCUT2D eigenvalue weighted by Crippen LogP contribution is -2.23. The van der Waals surface area contributed by atoms with Gasteiger partial charge < -0.3 is 9.47 Å². The normalized spacial score (nSPS) is 23.0. The molecule has 2 aliphatic rings. The average molecular weight is 316 g/mol. The molecule has 0 saturated carbocycles. The monoisotopic (exact) mass is 316 g/mol.